The van der Waals surface area contributed by atoms with E-state index in [0.717, 1.165) is 41.9 Å². The molecule has 1 aliphatic rings. The monoisotopic (exact) mass is 341 g/mol. The minimum atomic E-state index is -0.248. The molecule has 1 N–H and O–H groups in total. The molecule has 2 aromatic heterocycles. The van der Waals surface area contributed by atoms with Crippen molar-refractivity contribution >= 4 is 5.91 Å². The second kappa shape index (κ2) is 7.04. The Bertz CT molecular complexity index is 878. The van der Waals surface area contributed by atoms with E-state index >= 15 is 0 Å². The molecule has 3 rings (SSSR count). The van der Waals surface area contributed by atoms with Gasteiger partial charge in [0, 0.05) is 17.8 Å². The van der Waals surface area contributed by atoms with Crippen LogP contribution in [0.2, 0.25) is 0 Å². The lowest BCUT2D eigenvalue weighted by molar-refractivity contribution is -0.121. The summed E-state index contributed by atoms with van der Waals surface area (Å²) >= 11 is 0. The fourth-order valence-electron chi connectivity index (χ4n) is 3.20. The summed E-state index contributed by atoms with van der Waals surface area (Å²) < 4.78 is 3.08. The summed E-state index contributed by atoms with van der Waals surface area (Å²) in [6.45, 7) is 7.66. The summed E-state index contributed by atoms with van der Waals surface area (Å²) in [6.07, 6.45) is 5.12. The highest BCUT2D eigenvalue weighted by Gasteiger charge is 2.22. The van der Waals surface area contributed by atoms with Crippen molar-refractivity contribution in [2.75, 3.05) is 6.54 Å². The van der Waals surface area contributed by atoms with Gasteiger partial charge in [0.05, 0.1) is 11.4 Å². The molecule has 0 spiro atoms. The van der Waals surface area contributed by atoms with Gasteiger partial charge in [-0.25, -0.2) is 9.67 Å². The van der Waals surface area contributed by atoms with Crippen molar-refractivity contribution in [3.05, 3.63) is 51.7 Å². The van der Waals surface area contributed by atoms with E-state index in [0.29, 0.717) is 18.9 Å². The number of carbonyl (C=O) groups excluding carboxylic acids is 1. The van der Waals surface area contributed by atoms with E-state index in [1.165, 1.54) is 4.57 Å². The molecule has 1 aliphatic carbocycles. The van der Waals surface area contributed by atoms with Gasteiger partial charge in [0.1, 0.15) is 6.54 Å². The third kappa shape index (κ3) is 3.40. The molecule has 0 aliphatic heterocycles. The Labute approximate surface area is 146 Å². The lowest BCUT2D eigenvalue weighted by Crippen LogP contribution is -2.37. The number of aromatic nitrogens is 4. The van der Waals surface area contributed by atoms with E-state index in [2.05, 4.69) is 17.0 Å². The van der Waals surface area contributed by atoms with Crippen LogP contribution in [-0.2, 0) is 24.2 Å². The van der Waals surface area contributed by atoms with Crippen LogP contribution in [0.3, 0.4) is 0 Å². The Morgan fingerprint density at radius 3 is 2.80 bits per heavy atom. The molecule has 7 nitrogen and oxygen atoms in total. The van der Waals surface area contributed by atoms with Gasteiger partial charge in [-0.15, -0.1) is 6.58 Å². The van der Waals surface area contributed by atoms with Crippen molar-refractivity contribution in [1.82, 2.24) is 24.6 Å². The standard InChI is InChI=1S/C18H23N5O2/c1-4-9-19-16(24)11-22-17(25)14-7-5-6-8-15(14)20-18(22)23-13(3)10-12(2)21-23/h4,10H,1,5-9,11H2,2-3H3,(H,19,24). The second-order valence-corrected chi connectivity index (χ2v) is 6.37. The minimum absolute atomic E-state index is 0.0827. The Balaban J connectivity index is 2.13. The number of aryl methyl sites for hydroxylation is 3. The molecule has 0 bridgehead atoms. The summed E-state index contributed by atoms with van der Waals surface area (Å²) in [6, 6.07) is 1.92. The van der Waals surface area contributed by atoms with Crippen molar-refractivity contribution < 1.29 is 4.79 Å². The molecule has 0 unspecified atom stereocenters. The average molecular weight is 341 g/mol. The number of hydrogen-bond acceptors (Lipinski definition) is 4. The first-order valence-electron chi connectivity index (χ1n) is 8.55. The van der Waals surface area contributed by atoms with E-state index in [9.17, 15) is 9.59 Å². The normalized spacial score (nSPS) is 13.4. The minimum Gasteiger partial charge on any atom is -0.351 e. The van der Waals surface area contributed by atoms with Crippen LogP contribution < -0.4 is 10.9 Å². The largest absolute Gasteiger partial charge is 0.351 e. The molecule has 0 aromatic carbocycles. The molecular weight excluding hydrogens is 318 g/mol. The first-order chi connectivity index (χ1) is 12.0. The number of nitrogens with one attached hydrogen (secondary N) is 1. The van der Waals surface area contributed by atoms with Crippen molar-refractivity contribution in [2.24, 2.45) is 0 Å². The zero-order valence-electron chi connectivity index (χ0n) is 14.7. The summed E-state index contributed by atoms with van der Waals surface area (Å²) in [7, 11) is 0. The number of hydrogen-bond donors (Lipinski definition) is 1. The van der Waals surface area contributed by atoms with Crippen LogP contribution >= 0.6 is 0 Å². The van der Waals surface area contributed by atoms with Gasteiger partial charge in [-0.05, 0) is 45.6 Å². The van der Waals surface area contributed by atoms with E-state index in [-0.39, 0.29) is 18.0 Å². The Kier molecular flexibility index (Phi) is 4.83. The molecule has 1 amide bonds. The van der Waals surface area contributed by atoms with Gasteiger partial charge in [0.15, 0.2) is 0 Å². The highest BCUT2D eigenvalue weighted by molar-refractivity contribution is 5.76. The summed E-state index contributed by atoms with van der Waals surface area (Å²) in [4.78, 5) is 29.9. The van der Waals surface area contributed by atoms with Crippen molar-refractivity contribution in [2.45, 2.75) is 46.1 Å². The molecule has 25 heavy (non-hydrogen) atoms. The number of amides is 1. The molecule has 7 heteroatoms. The second-order valence-electron chi connectivity index (χ2n) is 6.37. The molecule has 0 saturated heterocycles. The van der Waals surface area contributed by atoms with Gasteiger partial charge in [-0.1, -0.05) is 6.08 Å². The molecular formula is C18H23N5O2. The molecule has 0 fully saturated rings. The van der Waals surface area contributed by atoms with Crippen LogP contribution in [0.4, 0.5) is 0 Å². The molecule has 132 valence electrons. The maximum atomic E-state index is 13.0. The molecule has 2 aromatic rings. The summed E-state index contributed by atoms with van der Waals surface area (Å²) in [5, 5.41) is 7.16. The van der Waals surface area contributed by atoms with Crippen LogP contribution in [0.15, 0.2) is 23.5 Å². The molecule has 0 atom stereocenters. The maximum Gasteiger partial charge on any atom is 0.258 e. The van der Waals surface area contributed by atoms with E-state index in [4.69, 9.17) is 4.98 Å². The van der Waals surface area contributed by atoms with Crippen molar-refractivity contribution in [3.8, 4) is 5.95 Å². The zero-order chi connectivity index (χ0) is 18.0. The van der Waals surface area contributed by atoms with Crippen LogP contribution in [0.25, 0.3) is 5.95 Å². The number of fused-ring (bicyclic) bond motifs is 1. The van der Waals surface area contributed by atoms with Crippen molar-refractivity contribution in [1.29, 1.82) is 0 Å². The molecule has 0 radical (unpaired) electrons. The average Bonchev–Trinajstić information content (AvgIpc) is 2.93. The topological polar surface area (TPSA) is 81.8 Å². The van der Waals surface area contributed by atoms with Crippen LogP contribution in [0.5, 0.6) is 0 Å². The van der Waals surface area contributed by atoms with Crippen LogP contribution in [-0.4, -0.2) is 31.8 Å². The van der Waals surface area contributed by atoms with Gasteiger partial charge < -0.3 is 5.32 Å². The predicted molar refractivity (Wildman–Crippen MR) is 94.9 cm³/mol. The number of nitrogens with zero attached hydrogens (tertiary/aromatic N) is 4. The smallest absolute Gasteiger partial charge is 0.258 e. The van der Waals surface area contributed by atoms with Crippen molar-refractivity contribution in [3.63, 3.8) is 0 Å². The maximum absolute atomic E-state index is 13.0. The third-order valence-electron chi connectivity index (χ3n) is 4.36. The van der Waals surface area contributed by atoms with E-state index < -0.39 is 0 Å². The number of rotatable bonds is 5. The lowest BCUT2D eigenvalue weighted by atomic mass is 9.97. The Morgan fingerprint density at radius 1 is 1.36 bits per heavy atom. The summed E-state index contributed by atoms with van der Waals surface area (Å²) in [5.74, 6) is 0.160. The highest BCUT2D eigenvalue weighted by atomic mass is 16.2. The highest BCUT2D eigenvalue weighted by Crippen LogP contribution is 2.18. The quantitative estimate of drug-likeness (QED) is 0.829. The Morgan fingerprint density at radius 2 is 2.12 bits per heavy atom. The van der Waals surface area contributed by atoms with E-state index in [1.54, 1.807) is 10.8 Å². The van der Waals surface area contributed by atoms with Crippen LogP contribution in [0.1, 0.15) is 35.5 Å². The Hall–Kier alpha value is -2.70. The molecule has 0 saturated carbocycles. The van der Waals surface area contributed by atoms with Gasteiger partial charge in [0.25, 0.3) is 5.56 Å². The van der Waals surface area contributed by atoms with Gasteiger partial charge in [0.2, 0.25) is 11.9 Å². The van der Waals surface area contributed by atoms with Gasteiger partial charge in [-0.2, -0.15) is 5.10 Å². The number of carbonyl (C=O) groups is 1. The van der Waals surface area contributed by atoms with Gasteiger partial charge in [-0.3, -0.25) is 14.2 Å². The van der Waals surface area contributed by atoms with Gasteiger partial charge >= 0.3 is 0 Å². The van der Waals surface area contributed by atoms with E-state index in [1.807, 2.05) is 19.9 Å². The fourth-order valence-corrected chi connectivity index (χ4v) is 3.20. The molecule has 2 heterocycles. The lowest BCUT2D eigenvalue weighted by Gasteiger charge is -2.20. The predicted octanol–water partition coefficient (Wildman–Crippen LogP) is 1.23. The zero-order valence-corrected chi connectivity index (χ0v) is 14.7. The first-order valence-corrected chi connectivity index (χ1v) is 8.55. The van der Waals surface area contributed by atoms with Crippen LogP contribution in [0, 0.1) is 13.8 Å². The third-order valence-corrected chi connectivity index (χ3v) is 4.36. The SMILES string of the molecule is C=CCNC(=O)Cn1c(-n2nc(C)cc2C)nc2c(c1=O)CCCC2. The fraction of sp³-hybridized carbons (Fsp3) is 0.444. The first kappa shape index (κ1) is 17.1. The summed E-state index contributed by atoms with van der Waals surface area (Å²) in [5.41, 5.74) is 3.14.